The Morgan fingerprint density at radius 3 is 2.33 bits per heavy atom. The maximum Gasteiger partial charge on any atom is 0.251 e. The molecule has 2 aromatic heterocycles. The number of rotatable bonds is 3. The minimum atomic E-state index is 0.108. The van der Waals surface area contributed by atoms with Gasteiger partial charge in [0, 0.05) is 17.8 Å². The molecule has 0 unspecified atom stereocenters. The fraction of sp³-hybridized carbons (Fsp3) is 0.333. The Bertz CT molecular complexity index is 1000. The van der Waals surface area contributed by atoms with E-state index < -0.39 is 0 Å². The Labute approximate surface area is 158 Å². The van der Waals surface area contributed by atoms with E-state index in [0.717, 1.165) is 46.1 Å². The van der Waals surface area contributed by atoms with Crippen molar-refractivity contribution in [2.75, 3.05) is 7.11 Å². The molecule has 6 heteroatoms. The number of ether oxygens (including phenoxy) is 1. The number of benzene rings is 1. The molecule has 0 spiro atoms. The van der Waals surface area contributed by atoms with Crippen molar-refractivity contribution in [3.63, 3.8) is 0 Å². The average molecular weight is 362 g/mol. The van der Waals surface area contributed by atoms with Gasteiger partial charge < -0.3 is 4.74 Å². The zero-order chi connectivity index (χ0) is 19.1. The van der Waals surface area contributed by atoms with Crippen LogP contribution in [0.15, 0.2) is 30.3 Å². The number of hydrogen-bond donors (Lipinski definition) is 0. The Morgan fingerprint density at radius 1 is 1.04 bits per heavy atom. The predicted octanol–water partition coefficient (Wildman–Crippen LogP) is 3.51. The number of aromatic nitrogens is 4. The summed E-state index contributed by atoms with van der Waals surface area (Å²) in [6.07, 6.45) is 1.21. The molecule has 6 nitrogen and oxygen atoms in total. The molecule has 0 fully saturated rings. The van der Waals surface area contributed by atoms with Gasteiger partial charge in [0.05, 0.1) is 24.1 Å². The summed E-state index contributed by atoms with van der Waals surface area (Å²) in [5, 5.41) is 4.60. The molecular weight excluding hydrogens is 340 g/mol. The molecule has 0 aliphatic heterocycles. The Morgan fingerprint density at radius 2 is 1.70 bits per heavy atom. The van der Waals surface area contributed by atoms with Crippen LogP contribution in [-0.2, 0) is 6.42 Å². The maximum absolute atomic E-state index is 12.9. The highest BCUT2D eigenvalue weighted by Crippen LogP contribution is 2.35. The zero-order valence-electron chi connectivity index (χ0n) is 16.0. The SMILES string of the molecule is COc1ccc([C@@H]2CC(=O)c3c(C)nn(-c4nc(C)cc(C)n4)c3C2)cc1. The van der Waals surface area contributed by atoms with E-state index in [2.05, 4.69) is 15.1 Å². The number of aryl methyl sites for hydroxylation is 3. The second-order valence-electron chi connectivity index (χ2n) is 7.07. The van der Waals surface area contributed by atoms with Gasteiger partial charge in [-0.05, 0) is 56.9 Å². The second kappa shape index (κ2) is 6.61. The Kier molecular flexibility index (Phi) is 4.26. The second-order valence-corrected chi connectivity index (χ2v) is 7.07. The summed E-state index contributed by atoms with van der Waals surface area (Å²) < 4.78 is 6.99. The number of carbonyl (C=O) groups excluding carboxylic acids is 1. The highest BCUT2D eigenvalue weighted by Gasteiger charge is 2.32. The lowest BCUT2D eigenvalue weighted by atomic mass is 9.81. The monoisotopic (exact) mass is 362 g/mol. The molecule has 1 atom stereocenters. The number of ketones is 1. The molecule has 27 heavy (non-hydrogen) atoms. The summed E-state index contributed by atoms with van der Waals surface area (Å²) in [5.41, 5.74) is 5.26. The van der Waals surface area contributed by atoms with Crippen LogP contribution in [0.2, 0.25) is 0 Å². The van der Waals surface area contributed by atoms with Crippen molar-refractivity contribution in [2.45, 2.75) is 39.5 Å². The molecule has 138 valence electrons. The van der Waals surface area contributed by atoms with Crippen molar-refractivity contribution >= 4 is 5.78 Å². The number of methoxy groups -OCH3 is 1. The first kappa shape index (κ1) is 17.4. The molecule has 0 amide bonds. The highest BCUT2D eigenvalue weighted by molar-refractivity contribution is 6.00. The summed E-state index contributed by atoms with van der Waals surface area (Å²) in [5.74, 6) is 1.58. The van der Waals surface area contributed by atoms with Gasteiger partial charge in [-0.25, -0.2) is 14.6 Å². The van der Waals surface area contributed by atoms with Gasteiger partial charge in [-0.15, -0.1) is 0 Å². The minimum Gasteiger partial charge on any atom is -0.497 e. The van der Waals surface area contributed by atoms with Crippen LogP contribution in [0.4, 0.5) is 0 Å². The van der Waals surface area contributed by atoms with Crippen molar-refractivity contribution in [1.29, 1.82) is 0 Å². The summed E-state index contributed by atoms with van der Waals surface area (Å²) >= 11 is 0. The quantitative estimate of drug-likeness (QED) is 0.713. The van der Waals surface area contributed by atoms with Gasteiger partial charge in [0.25, 0.3) is 5.95 Å². The number of nitrogens with zero attached hydrogens (tertiary/aromatic N) is 4. The molecule has 0 N–H and O–H groups in total. The van der Waals surface area contributed by atoms with Crippen molar-refractivity contribution in [1.82, 2.24) is 19.7 Å². The fourth-order valence-corrected chi connectivity index (χ4v) is 3.84. The van der Waals surface area contributed by atoms with E-state index in [0.29, 0.717) is 12.4 Å². The smallest absolute Gasteiger partial charge is 0.251 e. The third kappa shape index (κ3) is 3.12. The van der Waals surface area contributed by atoms with Gasteiger partial charge in [-0.2, -0.15) is 5.10 Å². The lowest BCUT2D eigenvalue weighted by molar-refractivity contribution is 0.0963. The largest absolute Gasteiger partial charge is 0.497 e. The van der Waals surface area contributed by atoms with Crippen LogP contribution in [0, 0.1) is 20.8 Å². The van der Waals surface area contributed by atoms with E-state index in [1.165, 1.54) is 0 Å². The molecule has 3 aromatic rings. The van der Waals surface area contributed by atoms with E-state index in [-0.39, 0.29) is 11.7 Å². The molecule has 1 aliphatic rings. The molecule has 2 heterocycles. The van der Waals surface area contributed by atoms with Crippen molar-refractivity contribution < 1.29 is 9.53 Å². The van der Waals surface area contributed by atoms with Gasteiger partial charge >= 0.3 is 0 Å². The molecule has 0 saturated heterocycles. The van der Waals surface area contributed by atoms with Gasteiger partial charge in [0.15, 0.2) is 5.78 Å². The molecule has 0 bridgehead atoms. The Balaban J connectivity index is 1.77. The topological polar surface area (TPSA) is 69.9 Å². The standard InChI is InChI=1S/C21H22N4O2/c1-12-9-13(2)23-21(22-12)25-18-10-16(11-19(26)20(18)14(3)24-25)15-5-7-17(27-4)8-6-15/h5-9,16H,10-11H2,1-4H3/t16-/m0/s1. The zero-order valence-corrected chi connectivity index (χ0v) is 16.0. The molecule has 4 rings (SSSR count). The van der Waals surface area contributed by atoms with Crippen molar-refractivity contribution in [3.05, 3.63) is 64.2 Å². The van der Waals surface area contributed by atoms with Crippen molar-refractivity contribution in [2.24, 2.45) is 0 Å². The fourth-order valence-electron chi connectivity index (χ4n) is 3.84. The van der Waals surface area contributed by atoms with E-state index >= 15 is 0 Å². The number of Topliss-reactive ketones (excluding diaryl/α,β-unsaturated/α-hetero) is 1. The third-order valence-corrected chi connectivity index (χ3v) is 5.05. The van der Waals surface area contributed by atoms with Crippen LogP contribution in [0.25, 0.3) is 5.95 Å². The van der Waals surface area contributed by atoms with Crippen LogP contribution < -0.4 is 4.74 Å². The normalized spacial score (nSPS) is 16.3. The van der Waals surface area contributed by atoms with Crippen LogP contribution in [0.3, 0.4) is 0 Å². The van der Waals surface area contributed by atoms with Crippen LogP contribution in [0.5, 0.6) is 5.75 Å². The van der Waals surface area contributed by atoms with Crippen LogP contribution in [0.1, 0.15) is 51.0 Å². The van der Waals surface area contributed by atoms with Crippen LogP contribution >= 0.6 is 0 Å². The maximum atomic E-state index is 12.9. The van der Waals surface area contributed by atoms with E-state index in [9.17, 15) is 4.79 Å². The Hall–Kier alpha value is -3.02. The first-order valence-corrected chi connectivity index (χ1v) is 9.04. The molecule has 1 aromatic carbocycles. The van der Waals surface area contributed by atoms with Gasteiger partial charge in [-0.3, -0.25) is 4.79 Å². The van der Waals surface area contributed by atoms with Crippen molar-refractivity contribution in [3.8, 4) is 11.7 Å². The van der Waals surface area contributed by atoms with E-state index in [4.69, 9.17) is 4.74 Å². The average Bonchev–Trinajstić information content (AvgIpc) is 2.98. The van der Waals surface area contributed by atoms with Crippen LogP contribution in [-0.4, -0.2) is 32.6 Å². The third-order valence-electron chi connectivity index (χ3n) is 5.05. The van der Waals surface area contributed by atoms with Gasteiger partial charge in [0.2, 0.25) is 0 Å². The summed E-state index contributed by atoms with van der Waals surface area (Å²) in [6.45, 7) is 5.75. The molecule has 1 aliphatic carbocycles. The van der Waals surface area contributed by atoms with E-state index in [1.807, 2.05) is 51.1 Å². The predicted molar refractivity (Wildman–Crippen MR) is 102 cm³/mol. The summed E-state index contributed by atoms with van der Waals surface area (Å²) in [6, 6.07) is 9.86. The first-order chi connectivity index (χ1) is 13.0. The molecule has 0 saturated carbocycles. The lowest BCUT2D eigenvalue weighted by Gasteiger charge is -2.23. The number of fused-ring (bicyclic) bond motifs is 1. The highest BCUT2D eigenvalue weighted by atomic mass is 16.5. The van der Waals surface area contributed by atoms with E-state index in [1.54, 1.807) is 11.8 Å². The summed E-state index contributed by atoms with van der Waals surface area (Å²) in [7, 11) is 1.65. The summed E-state index contributed by atoms with van der Waals surface area (Å²) in [4.78, 5) is 21.9. The lowest BCUT2D eigenvalue weighted by Crippen LogP contribution is -2.21. The first-order valence-electron chi connectivity index (χ1n) is 9.04. The molecular formula is C21H22N4O2. The number of carbonyl (C=O) groups is 1. The molecule has 0 radical (unpaired) electrons. The van der Waals surface area contributed by atoms with Gasteiger partial charge in [-0.1, -0.05) is 12.1 Å². The van der Waals surface area contributed by atoms with Gasteiger partial charge in [0.1, 0.15) is 5.75 Å². The minimum absolute atomic E-state index is 0.108. The number of hydrogen-bond acceptors (Lipinski definition) is 5.